The number of carbonyl (C=O) groups is 3. The average Bonchev–Trinajstić information content (AvgIpc) is 3.02. The molecular formula is C22H23ClN3O3+. The Balaban J connectivity index is 1.44. The van der Waals surface area contributed by atoms with Gasteiger partial charge in [-0.15, -0.1) is 0 Å². The number of ketones is 1. The third-order valence-corrected chi connectivity index (χ3v) is 6.09. The summed E-state index contributed by atoms with van der Waals surface area (Å²) >= 11 is 6.31. The first kappa shape index (κ1) is 19.6. The predicted molar refractivity (Wildman–Crippen MR) is 112 cm³/mol. The maximum atomic E-state index is 13.0. The third-order valence-electron chi connectivity index (χ3n) is 5.77. The fourth-order valence-electron chi connectivity index (χ4n) is 4.16. The van der Waals surface area contributed by atoms with Crippen molar-refractivity contribution in [1.82, 2.24) is 0 Å². The van der Waals surface area contributed by atoms with Crippen molar-refractivity contribution in [2.45, 2.75) is 19.4 Å². The Labute approximate surface area is 174 Å². The maximum absolute atomic E-state index is 13.0. The van der Waals surface area contributed by atoms with E-state index in [0.717, 1.165) is 41.8 Å². The van der Waals surface area contributed by atoms with Gasteiger partial charge in [0.2, 0.25) is 5.91 Å². The van der Waals surface area contributed by atoms with Crippen LogP contribution in [0.15, 0.2) is 48.5 Å². The molecule has 6 nitrogen and oxygen atoms in total. The second-order valence-corrected chi connectivity index (χ2v) is 7.93. The molecule has 1 atom stereocenters. The van der Waals surface area contributed by atoms with E-state index in [1.54, 1.807) is 24.3 Å². The summed E-state index contributed by atoms with van der Waals surface area (Å²) in [7, 11) is 0. The number of carbonyl (C=O) groups excluding carboxylic acids is 3. The van der Waals surface area contributed by atoms with Gasteiger partial charge in [-0.1, -0.05) is 23.7 Å². The van der Waals surface area contributed by atoms with E-state index in [2.05, 4.69) is 4.90 Å². The van der Waals surface area contributed by atoms with E-state index in [1.807, 2.05) is 24.3 Å². The molecule has 2 aliphatic heterocycles. The number of anilines is 2. The number of benzene rings is 2. The molecule has 2 aliphatic rings. The largest absolute Gasteiger partial charge is 0.359 e. The molecule has 0 saturated carbocycles. The van der Waals surface area contributed by atoms with Gasteiger partial charge in [-0.05, 0) is 43.3 Å². The van der Waals surface area contributed by atoms with Crippen LogP contribution in [-0.2, 0) is 9.59 Å². The van der Waals surface area contributed by atoms with Crippen molar-refractivity contribution in [2.24, 2.45) is 0 Å². The number of nitrogens with one attached hydrogen (secondary N) is 1. The van der Waals surface area contributed by atoms with Crippen molar-refractivity contribution >= 4 is 40.6 Å². The number of quaternary nitrogens is 1. The molecule has 7 heteroatoms. The van der Waals surface area contributed by atoms with Crippen LogP contribution in [0.5, 0.6) is 0 Å². The summed E-state index contributed by atoms with van der Waals surface area (Å²) in [5.41, 5.74) is 2.10. The minimum absolute atomic E-state index is 0.0469. The lowest BCUT2D eigenvalue weighted by molar-refractivity contribution is -0.915. The molecule has 0 unspecified atom stereocenters. The summed E-state index contributed by atoms with van der Waals surface area (Å²) in [5, 5.41) is 0.725. The molecule has 150 valence electrons. The molecular weight excluding hydrogens is 390 g/mol. The van der Waals surface area contributed by atoms with Gasteiger partial charge in [0.15, 0.2) is 11.8 Å². The number of hydrogen-bond donors (Lipinski definition) is 1. The zero-order valence-corrected chi connectivity index (χ0v) is 17.0. The van der Waals surface area contributed by atoms with E-state index in [9.17, 15) is 14.4 Å². The Hall–Kier alpha value is -2.70. The minimum atomic E-state index is -0.358. The topological polar surface area (TPSA) is 62.1 Å². The normalized spacial score (nSPS) is 20.4. The monoisotopic (exact) mass is 412 g/mol. The molecule has 1 N–H and O–H groups in total. The number of amides is 2. The highest BCUT2D eigenvalue weighted by atomic mass is 35.5. The summed E-state index contributed by atoms with van der Waals surface area (Å²) in [4.78, 5) is 41.7. The van der Waals surface area contributed by atoms with Crippen molar-refractivity contribution in [3.63, 3.8) is 0 Å². The molecule has 4 rings (SSSR count). The van der Waals surface area contributed by atoms with Crippen LogP contribution in [0.2, 0.25) is 5.02 Å². The highest BCUT2D eigenvalue weighted by Gasteiger charge is 2.46. The van der Waals surface area contributed by atoms with Gasteiger partial charge in [0, 0.05) is 5.56 Å². The van der Waals surface area contributed by atoms with Crippen molar-refractivity contribution in [3.05, 3.63) is 59.1 Å². The van der Waals surface area contributed by atoms with Crippen molar-refractivity contribution in [1.29, 1.82) is 0 Å². The van der Waals surface area contributed by atoms with Gasteiger partial charge >= 0.3 is 0 Å². The number of imide groups is 1. The summed E-state index contributed by atoms with van der Waals surface area (Å²) in [6.07, 6.45) is 0.217. The lowest BCUT2D eigenvalue weighted by Gasteiger charge is -2.36. The zero-order valence-electron chi connectivity index (χ0n) is 16.2. The van der Waals surface area contributed by atoms with Gasteiger partial charge in [0.05, 0.1) is 49.0 Å². The number of nitrogens with zero attached hydrogens (tertiary/aromatic N) is 2. The SMILES string of the molecule is CC(=O)c1ccc(N2C(=O)C[C@@H]([NH+]3CCN(c4ccccc4Cl)CC3)C2=O)cc1. The molecule has 0 bridgehead atoms. The van der Waals surface area contributed by atoms with Crippen LogP contribution in [0.4, 0.5) is 11.4 Å². The summed E-state index contributed by atoms with van der Waals surface area (Å²) < 4.78 is 0. The molecule has 29 heavy (non-hydrogen) atoms. The molecule has 2 amide bonds. The Bertz CT molecular complexity index is 952. The lowest BCUT2D eigenvalue weighted by atomic mass is 10.1. The maximum Gasteiger partial charge on any atom is 0.292 e. The molecule has 0 aliphatic carbocycles. The van der Waals surface area contributed by atoms with Crippen molar-refractivity contribution in [2.75, 3.05) is 36.0 Å². The quantitative estimate of drug-likeness (QED) is 0.612. The fourth-order valence-corrected chi connectivity index (χ4v) is 4.41. The van der Waals surface area contributed by atoms with Crippen LogP contribution in [0.3, 0.4) is 0 Å². The third kappa shape index (κ3) is 3.78. The van der Waals surface area contributed by atoms with Crippen LogP contribution >= 0.6 is 11.6 Å². The van der Waals surface area contributed by atoms with E-state index >= 15 is 0 Å². The second-order valence-electron chi connectivity index (χ2n) is 7.52. The van der Waals surface area contributed by atoms with Gasteiger partial charge in [-0.3, -0.25) is 14.4 Å². The van der Waals surface area contributed by atoms with Gasteiger partial charge in [0.1, 0.15) is 0 Å². The number of halogens is 1. The van der Waals surface area contributed by atoms with E-state index in [-0.39, 0.29) is 30.1 Å². The summed E-state index contributed by atoms with van der Waals surface area (Å²) in [5.74, 6) is -0.391. The number of Topliss-reactive ketones (excluding diaryl/α,β-unsaturated/α-hetero) is 1. The van der Waals surface area contributed by atoms with Crippen LogP contribution in [-0.4, -0.2) is 49.8 Å². The second kappa shape index (κ2) is 7.97. The first-order valence-electron chi connectivity index (χ1n) is 9.77. The average molecular weight is 413 g/mol. The predicted octanol–water partition coefficient (Wildman–Crippen LogP) is 1.58. The molecule has 0 aromatic heterocycles. The van der Waals surface area contributed by atoms with Crippen LogP contribution in [0, 0.1) is 0 Å². The number of hydrogen-bond acceptors (Lipinski definition) is 4. The van der Waals surface area contributed by atoms with E-state index in [4.69, 9.17) is 11.6 Å². The Morgan fingerprint density at radius 1 is 1.03 bits per heavy atom. The first-order chi connectivity index (χ1) is 14.0. The van der Waals surface area contributed by atoms with Gasteiger partial charge in [-0.25, -0.2) is 4.90 Å². The molecule has 2 heterocycles. The van der Waals surface area contributed by atoms with Gasteiger partial charge in [-0.2, -0.15) is 0 Å². The Kier molecular flexibility index (Phi) is 5.39. The standard InChI is InChI=1S/C22H22ClN3O3/c1-15(27)16-6-8-17(9-7-16)26-21(28)14-20(22(26)29)25-12-10-24(11-13-25)19-5-3-2-4-18(19)23/h2-9,20H,10-14H2,1H3/p+1/t20-/m1/s1. The highest BCUT2D eigenvalue weighted by Crippen LogP contribution is 2.26. The number of para-hydroxylation sites is 1. The highest BCUT2D eigenvalue weighted by molar-refractivity contribution is 6.33. The number of rotatable bonds is 4. The summed E-state index contributed by atoms with van der Waals surface area (Å²) in [6, 6.07) is 14.0. The Morgan fingerprint density at radius 3 is 2.31 bits per heavy atom. The molecule has 0 spiro atoms. The van der Waals surface area contributed by atoms with E-state index in [1.165, 1.54) is 11.8 Å². The molecule has 0 radical (unpaired) electrons. The molecule has 2 saturated heterocycles. The molecule has 2 aromatic rings. The fraction of sp³-hybridized carbons (Fsp3) is 0.318. The van der Waals surface area contributed by atoms with E-state index < -0.39 is 0 Å². The molecule has 2 aromatic carbocycles. The minimum Gasteiger partial charge on any atom is -0.359 e. The molecule has 2 fully saturated rings. The smallest absolute Gasteiger partial charge is 0.292 e. The Morgan fingerprint density at radius 2 is 1.69 bits per heavy atom. The van der Waals surface area contributed by atoms with Crippen LogP contribution < -0.4 is 14.7 Å². The lowest BCUT2D eigenvalue weighted by Crippen LogP contribution is -3.19. The van der Waals surface area contributed by atoms with Gasteiger partial charge < -0.3 is 9.80 Å². The number of piperazine rings is 1. The van der Waals surface area contributed by atoms with Crippen LogP contribution in [0.25, 0.3) is 0 Å². The first-order valence-corrected chi connectivity index (χ1v) is 10.2. The zero-order chi connectivity index (χ0) is 20.5. The van der Waals surface area contributed by atoms with Gasteiger partial charge in [0.25, 0.3) is 5.91 Å². The van der Waals surface area contributed by atoms with E-state index in [0.29, 0.717) is 11.3 Å². The van der Waals surface area contributed by atoms with Crippen molar-refractivity contribution < 1.29 is 19.3 Å². The van der Waals surface area contributed by atoms with Crippen LogP contribution in [0.1, 0.15) is 23.7 Å². The summed E-state index contributed by atoms with van der Waals surface area (Å²) in [6.45, 7) is 4.59. The van der Waals surface area contributed by atoms with Crippen molar-refractivity contribution in [3.8, 4) is 0 Å².